The lowest BCUT2D eigenvalue weighted by Crippen LogP contribution is -2.21. The van der Waals surface area contributed by atoms with Gasteiger partial charge in [0.15, 0.2) is 0 Å². The molecule has 3 aromatic rings. The SMILES string of the molecule is Cc1nc(Nc2cnccn2)cc(C2CCN(c3ccnc(C)n3)C2)n1. The highest BCUT2D eigenvalue weighted by Gasteiger charge is 2.26. The van der Waals surface area contributed by atoms with Crippen molar-refractivity contribution in [3.63, 3.8) is 0 Å². The topological polar surface area (TPSA) is 92.6 Å². The molecule has 1 atom stereocenters. The van der Waals surface area contributed by atoms with Crippen molar-refractivity contribution >= 4 is 17.5 Å². The van der Waals surface area contributed by atoms with Crippen molar-refractivity contribution in [2.24, 2.45) is 0 Å². The zero-order valence-corrected chi connectivity index (χ0v) is 14.8. The Morgan fingerprint density at radius 2 is 1.92 bits per heavy atom. The van der Waals surface area contributed by atoms with E-state index < -0.39 is 0 Å². The van der Waals surface area contributed by atoms with Crippen LogP contribution < -0.4 is 10.2 Å². The van der Waals surface area contributed by atoms with Gasteiger partial charge in [0.05, 0.1) is 11.9 Å². The first kappa shape index (κ1) is 16.3. The maximum absolute atomic E-state index is 4.66. The summed E-state index contributed by atoms with van der Waals surface area (Å²) < 4.78 is 0. The second kappa shape index (κ2) is 6.99. The third-order valence-corrected chi connectivity index (χ3v) is 4.37. The molecular weight excluding hydrogens is 328 g/mol. The predicted octanol–water partition coefficient (Wildman–Crippen LogP) is 2.41. The van der Waals surface area contributed by atoms with Crippen molar-refractivity contribution in [2.45, 2.75) is 26.2 Å². The fraction of sp³-hybridized carbons (Fsp3) is 0.333. The minimum atomic E-state index is 0.342. The highest BCUT2D eigenvalue weighted by atomic mass is 15.2. The Morgan fingerprint density at radius 1 is 1.00 bits per heavy atom. The van der Waals surface area contributed by atoms with Crippen molar-refractivity contribution < 1.29 is 0 Å². The van der Waals surface area contributed by atoms with Gasteiger partial charge in [-0.05, 0) is 26.3 Å². The third-order valence-electron chi connectivity index (χ3n) is 4.37. The Balaban J connectivity index is 1.53. The first-order valence-electron chi connectivity index (χ1n) is 8.60. The van der Waals surface area contributed by atoms with Crippen LogP contribution in [0.5, 0.6) is 0 Å². The van der Waals surface area contributed by atoms with Gasteiger partial charge in [-0.25, -0.2) is 24.9 Å². The van der Waals surface area contributed by atoms with Gasteiger partial charge in [0.1, 0.15) is 29.1 Å². The van der Waals surface area contributed by atoms with E-state index in [0.29, 0.717) is 11.7 Å². The zero-order valence-electron chi connectivity index (χ0n) is 14.8. The monoisotopic (exact) mass is 348 g/mol. The van der Waals surface area contributed by atoms with Crippen molar-refractivity contribution in [2.75, 3.05) is 23.3 Å². The van der Waals surface area contributed by atoms with Crippen LogP contribution in [0.1, 0.15) is 29.7 Å². The molecule has 1 aliphatic rings. The van der Waals surface area contributed by atoms with Gasteiger partial charge in [-0.3, -0.25) is 4.98 Å². The minimum Gasteiger partial charge on any atom is -0.356 e. The van der Waals surface area contributed by atoms with E-state index in [4.69, 9.17) is 0 Å². The fourth-order valence-electron chi connectivity index (χ4n) is 3.19. The molecule has 0 bridgehead atoms. The summed E-state index contributed by atoms with van der Waals surface area (Å²) in [4.78, 5) is 28.4. The van der Waals surface area contributed by atoms with Crippen LogP contribution in [0.25, 0.3) is 0 Å². The average Bonchev–Trinajstić information content (AvgIpc) is 3.12. The van der Waals surface area contributed by atoms with E-state index in [2.05, 4.69) is 40.1 Å². The summed E-state index contributed by atoms with van der Waals surface area (Å²) in [6, 6.07) is 3.96. The molecule has 8 nitrogen and oxygen atoms in total. The summed E-state index contributed by atoms with van der Waals surface area (Å²) in [5.74, 6) is 4.26. The highest BCUT2D eigenvalue weighted by molar-refractivity contribution is 5.51. The van der Waals surface area contributed by atoms with Crippen LogP contribution in [0.4, 0.5) is 17.5 Å². The van der Waals surface area contributed by atoms with Crippen molar-refractivity contribution in [1.29, 1.82) is 0 Å². The molecule has 4 rings (SSSR count). The van der Waals surface area contributed by atoms with Crippen LogP contribution >= 0.6 is 0 Å². The molecular formula is C18H20N8. The first-order valence-corrected chi connectivity index (χ1v) is 8.60. The molecule has 0 saturated carbocycles. The average molecular weight is 348 g/mol. The largest absolute Gasteiger partial charge is 0.356 e. The third kappa shape index (κ3) is 3.58. The summed E-state index contributed by atoms with van der Waals surface area (Å²) in [6.07, 6.45) is 7.80. The number of hydrogen-bond donors (Lipinski definition) is 1. The molecule has 1 N–H and O–H groups in total. The summed E-state index contributed by atoms with van der Waals surface area (Å²) in [5, 5.41) is 3.20. The fourth-order valence-corrected chi connectivity index (χ4v) is 3.19. The number of aromatic nitrogens is 6. The van der Waals surface area contributed by atoms with Crippen LogP contribution in [-0.2, 0) is 0 Å². The van der Waals surface area contributed by atoms with Crippen molar-refractivity contribution in [3.05, 3.63) is 54.3 Å². The Kier molecular flexibility index (Phi) is 4.39. The number of hydrogen-bond acceptors (Lipinski definition) is 8. The molecule has 3 aromatic heterocycles. The number of nitrogens with zero attached hydrogens (tertiary/aromatic N) is 7. The Bertz CT molecular complexity index is 899. The molecule has 1 saturated heterocycles. The molecule has 132 valence electrons. The second-order valence-electron chi connectivity index (χ2n) is 6.33. The maximum Gasteiger partial charge on any atom is 0.150 e. The van der Waals surface area contributed by atoms with Gasteiger partial charge in [-0.1, -0.05) is 0 Å². The van der Waals surface area contributed by atoms with Gasteiger partial charge in [-0.15, -0.1) is 0 Å². The van der Waals surface area contributed by atoms with Gasteiger partial charge < -0.3 is 10.2 Å². The molecule has 1 fully saturated rings. The Morgan fingerprint density at radius 3 is 2.73 bits per heavy atom. The molecule has 4 heterocycles. The molecule has 0 spiro atoms. The molecule has 1 unspecified atom stereocenters. The molecule has 1 aliphatic heterocycles. The van der Waals surface area contributed by atoms with Crippen LogP contribution in [0.15, 0.2) is 36.9 Å². The van der Waals surface area contributed by atoms with E-state index in [9.17, 15) is 0 Å². The number of anilines is 3. The van der Waals surface area contributed by atoms with E-state index in [1.54, 1.807) is 18.6 Å². The molecule has 26 heavy (non-hydrogen) atoms. The summed E-state index contributed by atoms with van der Waals surface area (Å²) >= 11 is 0. The summed E-state index contributed by atoms with van der Waals surface area (Å²) in [5.41, 5.74) is 1.04. The van der Waals surface area contributed by atoms with Gasteiger partial charge in [0, 0.05) is 43.7 Å². The lowest BCUT2D eigenvalue weighted by atomic mass is 10.0. The van der Waals surface area contributed by atoms with Gasteiger partial charge in [0.25, 0.3) is 0 Å². The first-order chi connectivity index (χ1) is 12.7. The smallest absolute Gasteiger partial charge is 0.150 e. The normalized spacial score (nSPS) is 16.7. The second-order valence-corrected chi connectivity index (χ2v) is 6.33. The Labute approximate surface area is 151 Å². The standard InChI is InChI=1S/C18H20N8/c1-12-20-5-3-18(24-12)26-8-4-14(11-26)15-9-16(23-13(2)22-15)25-17-10-19-6-7-21-17/h3,5-7,9-10,14H,4,8,11H2,1-2H3,(H,21,22,23,25). The summed E-state index contributed by atoms with van der Waals surface area (Å²) in [7, 11) is 0. The minimum absolute atomic E-state index is 0.342. The van der Waals surface area contributed by atoms with Crippen molar-refractivity contribution in [1.82, 2.24) is 29.9 Å². The Hall–Kier alpha value is -3.16. The van der Waals surface area contributed by atoms with E-state index >= 15 is 0 Å². The quantitative estimate of drug-likeness (QED) is 0.768. The van der Waals surface area contributed by atoms with Gasteiger partial charge >= 0.3 is 0 Å². The van der Waals surface area contributed by atoms with Crippen molar-refractivity contribution in [3.8, 4) is 0 Å². The van der Waals surface area contributed by atoms with Crippen LogP contribution in [-0.4, -0.2) is 43.0 Å². The molecule has 0 amide bonds. The molecule has 0 radical (unpaired) electrons. The summed E-state index contributed by atoms with van der Waals surface area (Å²) in [6.45, 7) is 5.66. The van der Waals surface area contributed by atoms with Crippen LogP contribution in [0.2, 0.25) is 0 Å². The number of aryl methyl sites for hydroxylation is 2. The zero-order chi connectivity index (χ0) is 17.9. The molecule has 0 aromatic carbocycles. The van der Waals surface area contributed by atoms with E-state index in [0.717, 1.165) is 48.5 Å². The number of rotatable bonds is 4. The number of nitrogens with one attached hydrogen (secondary N) is 1. The van der Waals surface area contributed by atoms with Gasteiger partial charge in [0.2, 0.25) is 0 Å². The van der Waals surface area contributed by atoms with Gasteiger partial charge in [-0.2, -0.15) is 0 Å². The maximum atomic E-state index is 4.66. The molecule has 8 heteroatoms. The van der Waals surface area contributed by atoms with Crippen LogP contribution in [0, 0.1) is 13.8 Å². The predicted molar refractivity (Wildman–Crippen MR) is 98.4 cm³/mol. The lowest BCUT2D eigenvalue weighted by Gasteiger charge is -2.17. The van der Waals surface area contributed by atoms with E-state index in [-0.39, 0.29) is 0 Å². The lowest BCUT2D eigenvalue weighted by molar-refractivity contribution is 0.733. The highest BCUT2D eigenvalue weighted by Crippen LogP contribution is 2.30. The van der Waals surface area contributed by atoms with E-state index in [1.807, 2.05) is 32.2 Å². The van der Waals surface area contributed by atoms with E-state index in [1.165, 1.54) is 0 Å². The molecule has 0 aliphatic carbocycles. The van der Waals surface area contributed by atoms with Crippen LogP contribution in [0.3, 0.4) is 0 Å².